The molecule has 1 atom stereocenters. The number of hydrazine groups is 1. The molecule has 41 heavy (non-hydrogen) atoms. The molecule has 2 heterocycles. The van der Waals surface area contributed by atoms with Crippen LogP contribution in [0.25, 0.3) is 5.57 Å². The lowest BCUT2D eigenvalue weighted by Gasteiger charge is -2.35. The van der Waals surface area contributed by atoms with Gasteiger partial charge < -0.3 is 0 Å². The minimum atomic E-state index is -0.794. The minimum absolute atomic E-state index is 0.0631. The number of benzene rings is 4. The zero-order valence-electron chi connectivity index (χ0n) is 22.2. The monoisotopic (exact) mass is 705 g/mol. The first-order chi connectivity index (χ1) is 19.8. The molecule has 0 spiro atoms. The van der Waals surface area contributed by atoms with Crippen LogP contribution in [-0.2, 0) is 14.5 Å². The van der Waals surface area contributed by atoms with Gasteiger partial charge in [0.15, 0.2) is 0 Å². The number of nitrogens with zero attached hydrogens (tertiary/aromatic N) is 2. The Kier molecular flexibility index (Phi) is 7.91. The van der Waals surface area contributed by atoms with E-state index in [1.54, 1.807) is 21.7 Å². The average Bonchev–Trinajstić information content (AvgIpc) is 3.24. The van der Waals surface area contributed by atoms with Crippen molar-refractivity contribution >= 4 is 84.1 Å². The summed E-state index contributed by atoms with van der Waals surface area (Å²) >= 11 is 10.3. The lowest BCUT2D eigenvalue weighted by Crippen LogP contribution is -2.52. The summed E-state index contributed by atoms with van der Waals surface area (Å²) in [5.74, 6) is -0.321. The number of hydrogen-bond donors (Lipinski definition) is 1. The van der Waals surface area contributed by atoms with Crippen LogP contribution in [-0.4, -0.2) is 23.4 Å². The van der Waals surface area contributed by atoms with Crippen LogP contribution < -0.4 is 10.3 Å². The molecule has 206 valence electrons. The number of carbonyl (C=O) groups is 2. The minimum Gasteiger partial charge on any atom is -0.278 e. The van der Waals surface area contributed by atoms with E-state index in [1.165, 1.54) is 11.8 Å². The lowest BCUT2D eigenvalue weighted by molar-refractivity contribution is -0.133. The second kappa shape index (κ2) is 11.5. The highest BCUT2D eigenvalue weighted by Gasteiger charge is 2.48. The van der Waals surface area contributed by atoms with Crippen molar-refractivity contribution in [2.75, 3.05) is 11.4 Å². The van der Waals surface area contributed by atoms with Crippen LogP contribution in [0.2, 0.25) is 0 Å². The molecule has 0 aliphatic carbocycles. The molecule has 0 bridgehead atoms. The van der Waals surface area contributed by atoms with E-state index >= 15 is 0 Å². The van der Waals surface area contributed by atoms with Gasteiger partial charge in [-0.15, -0.1) is 0 Å². The maximum atomic E-state index is 14.1. The number of carbonyl (C=O) groups excluding carboxylic acids is 2. The topological polar surface area (TPSA) is 52.7 Å². The molecule has 1 fully saturated rings. The van der Waals surface area contributed by atoms with Gasteiger partial charge >= 0.3 is 0 Å². The van der Waals surface area contributed by atoms with Crippen LogP contribution in [0.4, 0.5) is 11.4 Å². The van der Waals surface area contributed by atoms with Gasteiger partial charge in [-0.05, 0) is 79.1 Å². The van der Waals surface area contributed by atoms with Crippen molar-refractivity contribution in [1.82, 2.24) is 10.4 Å². The summed E-state index contributed by atoms with van der Waals surface area (Å²) in [5, 5.41) is 1.62. The van der Waals surface area contributed by atoms with Crippen LogP contribution in [0.5, 0.6) is 0 Å². The van der Waals surface area contributed by atoms with Gasteiger partial charge in [-0.25, -0.2) is 5.43 Å². The van der Waals surface area contributed by atoms with Gasteiger partial charge in [-0.2, -0.15) is 0 Å². The Morgan fingerprint density at radius 1 is 0.854 bits per heavy atom. The summed E-state index contributed by atoms with van der Waals surface area (Å²) in [7, 11) is 0. The SMILES string of the molecule is C/C(=C1/SC(C)(c2cccc(Br)c2)N(NCC(=O)N2c3ccccc3Sc3ccccc32)C1=O)c1cccc(Br)c1. The Bertz CT molecular complexity index is 1680. The second-order valence-corrected chi connectivity index (χ2v) is 14.1. The van der Waals surface area contributed by atoms with Crippen LogP contribution in [0.3, 0.4) is 0 Å². The number of nitrogens with one attached hydrogen (secondary N) is 1. The molecule has 0 radical (unpaired) electrons. The van der Waals surface area contributed by atoms with Crippen molar-refractivity contribution in [3.8, 4) is 0 Å². The molecule has 4 aromatic carbocycles. The third-order valence-electron chi connectivity index (χ3n) is 7.15. The van der Waals surface area contributed by atoms with Crippen molar-refractivity contribution in [2.45, 2.75) is 28.5 Å². The van der Waals surface area contributed by atoms with Gasteiger partial charge in [0.2, 0.25) is 5.91 Å². The number of hydrogen-bond acceptors (Lipinski definition) is 5. The molecule has 0 saturated carbocycles. The zero-order chi connectivity index (χ0) is 28.7. The Balaban J connectivity index is 1.36. The summed E-state index contributed by atoms with van der Waals surface area (Å²) in [6.45, 7) is 3.92. The fourth-order valence-electron chi connectivity index (χ4n) is 5.06. The molecule has 6 rings (SSSR count). The number of thioether (sulfide) groups is 1. The smallest absolute Gasteiger partial charge is 0.276 e. The third kappa shape index (κ3) is 5.30. The van der Waals surface area contributed by atoms with E-state index in [-0.39, 0.29) is 18.4 Å². The number of anilines is 2. The first-order valence-electron chi connectivity index (χ1n) is 12.9. The molecule has 4 aromatic rings. The molecule has 2 aliphatic rings. The van der Waals surface area contributed by atoms with Gasteiger partial charge in [0.25, 0.3) is 5.91 Å². The molecule has 9 heteroatoms. The predicted molar refractivity (Wildman–Crippen MR) is 175 cm³/mol. The van der Waals surface area contributed by atoms with Crippen molar-refractivity contribution in [3.05, 3.63) is 122 Å². The number of halogens is 2. The highest BCUT2D eigenvalue weighted by atomic mass is 79.9. The molecular formula is C32H25Br2N3O2S2. The van der Waals surface area contributed by atoms with Crippen LogP contribution in [0, 0.1) is 0 Å². The molecule has 1 N–H and O–H groups in total. The number of amides is 2. The van der Waals surface area contributed by atoms with Gasteiger partial charge in [0, 0.05) is 18.7 Å². The second-order valence-electron chi connectivity index (χ2n) is 9.80. The maximum absolute atomic E-state index is 14.1. The van der Waals surface area contributed by atoms with Crippen molar-refractivity contribution in [1.29, 1.82) is 0 Å². The van der Waals surface area contributed by atoms with Gasteiger partial charge in [-0.1, -0.05) is 104 Å². The van der Waals surface area contributed by atoms with Crippen LogP contribution in [0.15, 0.2) is 121 Å². The maximum Gasteiger partial charge on any atom is 0.276 e. The largest absolute Gasteiger partial charge is 0.278 e. The number of para-hydroxylation sites is 2. The first kappa shape index (κ1) is 28.3. The molecule has 5 nitrogen and oxygen atoms in total. The highest BCUT2D eigenvalue weighted by molar-refractivity contribution is 9.10. The molecule has 1 unspecified atom stereocenters. The molecule has 0 aromatic heterocycles. The average molecular weight is 708 g/mol. The van der Waals surface area contributed by atoms with Gasteiger partial charge in [-0.3, -0.25) is 19.5 Å². The number of fused-ring (bicyclic) bond motifs is 2. The first-order valence-corrected chi connectivity index (χ1v) is 16.2. The lowest BCUT2D eigenvalue weighted by atomic mass is 10.1. The third-order valence-corrected chi connectivity index (χ3v) is 10.8. The predicted octanol–water partition coefficient (Wildman–Crippen LogP) is 8.73. The van der Waals surface area contributed by atoms with E-state index in [1.807, 2.05) is 111 Å². The fourth-order valence-corrected chi connectivity index (χ4v) is 8.25. The Labute approximate surface area is 264 Å². The summed E-state index contributed by atoms with van der Waals surface area (Å²) in [4.78, 5) is 31.7. The van der Waals surface area contributed by atoms with Crippen LogP contribution in [0.1, 0.15) is 25.0 Å². The molecule has 1 saturated heterocycles. The van der Waals surface area contributed by atoms with E-state index < -0.39 is 4.87 Å². The quantitative estimate of drug-likeness (QED) is 0.211. The van der Waals surface area contributed by atoms with Crippen molar-refractivity contribution in [2.24, 2.45) is 0 Å². The van der Waals surface area contributed by atoms with E-state index in [9.17, 15) is 9.59 Å². The van der Waals surface area contributed by atoms with E-state index in [0.29, 0.717) is 4.91 Å². The van der Waals surface area contributed by atoms with Gasteiger partial charge in [0.1, 0.15) is 4.87 Å². The van der Waals surface area contributed by atoms with Crippen molar-refractivity contribution < 1.29 is 9.59 Å². The Hall–Kier alpha value is -2.82. The summed E-state index contributed by atoms with van der Waals surface area (Å²) in [6, 6.07) is 31.7. The summed E-state index contributed by atoms with van der Waals surface area (Å²) in [5.41, 5.74) is 7.71. The standard InChI is InChI=1S/C32H25Br2N3O2S2/c1-20(21-9-7-11-23(33)17-21)30-31(39)37(32(2,41-30)22-10-8-12-24(34)18-22)35-19-29(38)36-25-13-3-5-15-27(25)40-28-16-6-4-14-26(28)36/h3-18,35H,19H2,1-2H3/b30-20-. The summed E-state index contributed by atoms with van der Waals surface area (Å²) < 4.78 is 1.86. The molecule has 2 aliphatic heterocycles. The molecular weight excluding hydrogens is 682 g/mol. The fraction of sp³-hybridized carbons (Fsp3) is 0.125. The zero-order valence-corrected chi connectivity index (χ0v) is 27.0. The van der Waals surface area contributed by atoms with E-state index in [0.717, 1.165) is 46.8 Å². The van der Waals surface area contributed by atoms with Crippen molar-refractivity contribution in [3.63, 3.8) is 0 Å². The van der Waals surface area contributed by atoms with Gasteiger partial charge in [0.05, 0.1) is 22.8 Å². The van der Waals surface area contributed by atoms with E-state index in [4.69, 9.17) is 0 Å². The normalized spacial score (nSPS) is 19.2. The van der Waals surface area contributed by atoms with E-state index in [2.05, 4.69) is 37.3 Å². The number of allylic oxidation sites excluding steroid dienone is 1. The number of rotatable bonds is 5. The van der Waals surface area contributed by atoms with Crippen LogP contribution >= 0.6 is 55.4 Å². The molecule has 2 amide bonds. The summed E-state index contributed by atoms with van der Waals surface area (Å²) in [6.07, 6.45) is 0. The highest BCUT2D eigenvalue weighted by Crippen LogP contribution is 2.52. The Morgan fingerprint density at radius 2 is 1.46 bits per heavy atom. The Morgan fingerprint density at radius 3 is 2.10 bits per heavy atom.